The molecule has 0 spiro atoms. The monoisotopic (exact) mass is 519 g/mol. The summed E-state index contributed by atoms with van der Waals surface area (Å²) in [4.78, 5) is 53.8. The molecule has 4 N–H and O–H groups in total. The standard InChI is InChI=1S/C26H29N7O5/c1-27-24(35)17-5-2-15(3-6-17)12-29-26(37)20-11-19(31-22-8-9-30-33(20)22)25(36)28-13-16-4-7-21-18(10-16)32-23(34)14-38-21/h4,7-11,15,17H,2-3,5-6,12-14H2,1H3,(H,27,35)(H,28,36)(H,29,37)(H,32,34). The van der Waals surface area contributed by atoms with Gasteiger partial charge in [-0.2, -0.15) is 5.10 Å². The average molecular weight is 520 g/mol. The summed E-state index contributed by atoms with van der Waals surface area (Å²) in [6.45, 7) is 0.638. The fourth-order valence-electron chi connectivity index (χ4n) is 4.86. The van der Waals surface area contributed by atoms with Gasteiger partial charge in [-0.25, -0.2) is 9.50 Å². The first-order chi connectivity index (χ1) is 18.4. The van der Waals surface area contributed by atoms with Gasteiger partial charge in [0.15, 0.2) is 12.3 Å². The van der Waals surface area contributed by atoms with Crippen LogP contribution in [0.15, 0.2) is 36.5 Å². The number of fused-ring (bicyclic) bond motifs is 2. The Labute approximate surface area is 218 Å². The number of aromatic nitrogens is 3. The molecular weight excluding hydrogens is 490 g/mol. The molecule has 5 rings (SSSR count). The largest absolute Gasteiger partial charge is 0.482 e. The first-order valence-electron chi connectivity index (χ1n) is 12.6. The van der Waals surface area contributed by atoms with E-state index in [0.717, 1.165) is 31.2 Å². The summed E-state index contributed by atoms with van der Waals surface area (Å²) in [6.07, 6.45) is 4.83. The highest BCUT2D eigenvalue weighted by Crippen LogP contribution is 2.29. The fraction of sp³-hybridized carbons (Fsp3) is 0.385. The van der Waals surface area contributed by atoms with E-state index < -0.39 is 5.91 Å². The maximum absolute atomic E-state index is 13.1. The van der Waals surface area contributed by atoms with Crippen LogP contribution >= 0.6 is 0 Å². The highest BCUT2D eigenvalue weighted by atomic mass is 16.5. The molecule has 3 aromatic rings. The van der Waals surface area contributed by atoms with E-state index in [0.29, 0.717) is 23.6 Å². The topological polar surface area (TPSA) is 156 Å². The van der Waals surface area contributed by atoms with Crippen molar-refractivity contribution in [1.82, 2.24) is 30.5 Å². The lowest BCUT2D eigenvalue weighted by molar-refractivity contribution is -0.125. The van der Waals surface area contributed by atoms with Gasteiger partial charge in [0.25, 0.3) is 17.7 Å². The molecule has 12 heteroatoms. The van der Waals surface area contributed by atoms with Crippen LogP contribution in [0.4, 0.5) is 5.69 Å². The molecule has 1 aromatic carbocycles. The van der Waals surface area contributed by atoms with Crippen molar-refractivity contribution in [2.24, 2.45) is 11.8 Å². The quantitative estimate of drug-likeness (QED) is 0.366. The predicted octanol–water partition coefficient (Wildman–Crippen LogP) is 1.27. The first-order valence-corrected chi connectivity index (χ1v) is 12.6. The van der Waals surface area contributed by atoms with E-state index in [1.165, 1.54) is 16.8 Å². The number of hydrogen-bond donors (Lipinski definition) is 4. The van der Waals surface area contributed by atoms with Gasteiger partial charge in [-0.3, -0.25) is 19.2 Å². The molecule has 2 aromatic heterocycles. The van der Waals surface area contributed by atoms with Crippen LogP contribution in [0.25, 0.3) is 5.65 Å². The maximum Gasteiger partial charge on any atom is 0.270 e. The van der Waals surface area contributed by atoms with Gasteiger partial charge >= 0.3 is 0 Å². The van der Waals surface area contributed by atoms with Gasteiger partial charge in [0, 0.05) is 38.2 Å². The number of amides is 4. The predicted molar refractivity (Wildman–Crippen MR) is 137 cm³/mol. The van der Waals surface area contributed by atoms with Crippen molar-refractivity contribution in [1.29, 1.82) is 0 Å². The summed E-state index contributed by atoms with van der Waals surface area (Å²) in [5.41, 5.74) is 1.98. The lowest BCUT2D eigenvalue weighted by atomic mass is 9.81. The maximum atomic E-state index is 13.1. The van der Waals surface area contributed by atoms with Gasteiger partial charge in [-0.1, -0.05) is 6.07 Å². The Hall–Kier alpha value is -4.48. The minimum Gasteiger partial charge on any atom is -0.482 e. The molecule has 1 saturated carbocycles. The number of carbonyl (C=O) groups excluding carboxylic acids is 4. The normalized spacial score (nSPS) is 18.6. The van der Waals surface area contributed by atoms with Crippen LogP contribution in [-0.4, -0.2) is 58.4 Å². The number of hydrogen-bond acceptors (Lipinski definition) is 7. The Kier molecular flexibility index (Phi) is 7.20. The van der Waals surface area contributed by atoms with Gasteiger partial charge < -0.3 is 26.0 Å². The molecule has 0 unspecified atom stereocenters. The number of anilines is 1. The molecule has 1 aliphatic carbocycles. The summed E-state index contributed by atoms with van der Waals surface area (Å²) in [6, 6.07) is 8.32. The molecule has 198 valence electrons. The van der Waals surface area contributed by atoms with Gasteiger partial charge in [0.2, 0.25) is 5.91 Å². The van der Waals surface area contributed by atoms with E-state index in [1.807, 2.05) is 0 Å². The summed E-state index contributed by atoms with van der Waals surface area (Å²) in [5.74, 6) is -0.0809. The molecule has 38 heavy (non-hydrogen) atoms. The fourth-order valence-corrected chi connectivity index (χ4v) is 4.86. The zero-order valence-electron chi connectivity index (χ0n) is 21.0. The molecule has 0 bridgehead atoms. The summed E-state index contributed by atoms with van der Waals surface area (Å²) in [5, 5.41) is 15.4. The van der Waals surface area contributed by atoms with Crippen molar-refractivity contribution in [3.63, 3.8) is 0 Å². The van der Waals surface area contributed by atoms with Crippen molar-refractivity contribution < 1.29 is 23.9 Å². The third-order valence-corrected chi connectivity index (χ3v) is 6.97. The number of benzene rings is 1. The molecule has 0 radical (unpaired) electrons. The van der Waals surface area contributed by atoms with E-state index in [4.69, 9.17) is 4.74 Å². The second-order valence-electron chi connectivity index (χ2n) is 9.52. The highest BCUT2D eigenvalue weighted by molar-refractivity contribution is 5.98. The zero-order valence-corrected chi connectivity index (χ0v) is 21.0. The molecule has 1 aliphatic heterocycles. The lowest BCUT2D eigenvalue weighted by Crippen LogP contribution is -2.35. The number of rotatable bonds is 7. The molecule has 0 saturated heterocycles. The molecular formula is C26H29N7O5. The Morgan fingerprint density at radius 3 is 2.68 bits per heavy atom. The summed E-state index contributed by atoms with van der Waals surface area (Å²) < 4.78 is 6.76. The number of carbonyl (C=O) groups is 4. The number of nitrogens with one attached hydrogen (secondary N) is 4. The van der Waals surface area contributed by atoms with Gasteiger partial charge in [0.05, 0.1) is 11.9 Å². The smallest absolute Gasteiger partial charge is 0.270 e. The Balaban J connectivity index is 1.23. The minimum atomic E-state index is -0.451. The number of ether oxygens (including phenoxy) is 1. The Morgan fingerprint density at radius 1 is 1.08 bits per heavy atom. The van der Waals surface area contributed by atoms with Crippen LogP contribution < -0.4 is 26.0 Å². The highest BCUT2D eigenvalue weighted by Gasteiger charge is 2.26. The molecule has 0 atom stereocenters. The van der Waals surface area contributed by atoms with E-state index in [-0.39, 0.29) is 54.1 Å². The lowest BCUT2D eigenvalue weighted by Gasteiger charge is -2.27. The van der Waals surface area contributed by atoms with Gasteiger partial charge in [-0.05, 0) is 49.3 Å². The van der Waals surface area contributed by atoms with E-state index >= 15 is 0 Å². The first kappa shape index (κ1) is 25.2. The van der Waals surface area contributed by atoms with Crippen molar-refractivity contribution in [2.45, 2.75) is 32.2 Å². The zero-order chi connectivity index (χ0) is 26.6. The van der Waals surface area contributed by atoms with Crippen molar-refractivity contribution >= 4 is 35.0 Å². The van der Waals surface area contributed by atoms with Crippen LogP contribution in [0.2, 0.25) is 0 Å². The second-order valence-corrected chi connectivity index (χ2v) is 9.52. The van der Waals surface area contributed by atoms with Crippen LogP contribution in [0.1, 0.15) is 52.2 Å². The molecule has 1 fully saturated rings. The van der Waals surface area contributed by atoms with Gasteiger partial charge in [0.1, 0.15) is 17.1 Å². The van der Waals surface area contributed by atoms with Crippen LogP contribution in [0.5, 0.6) is 5.75 Å². The minimum absolute atomic E-state index is 0.0272. The Morgan fingerprint density at radius 2 is 1.89 bits per heavy atom. The Bertz CT molecular complexity index is 1390. The van der Waals surface area contributed by atoms with E-state index in [2.05, 4.69) is 31.3 Å². The van der Waals surface area contributed by atoms with Crippen molar-refractivity contribution in [3.05, 3.63) is 53.5 Å². The molecule has 12 nitrogen and oxygen atoms in total. The summed E-state index contributed by atoms with van der Waals surface area (Å²) >= 11 is 0. The summed E-state index contributed by atoms with van der Waals surface area (Å²) in [7, 11) is 1.65. The molecule has 3 heterocycles. The van der Waals surface area contributed by atoms with Gasteiger partial charge in [-0.15, -0.1) is 0 Å². The van der Waals surface area contributed by atoms with Crippen molar-refractivity contribution in [2.75, 3.05) is 25.5 Å². The van der Waals surface area contributed by atoms with Crippen LogP contribution in [0, 0.1) is 11.8 Å². The SMILES string of the molecule is CNC(=O)C1CCC(CNC(=O)c2cc(C(=O)NCc3ccc4c(c3)NC(=O)CO4)nc3ccnn23)CC1. The second kappa shape index (κ2) is 10.9. The molecule has 2 aliphatic rings. The third kappa shape index (κ3) is 5.43. The van der Waals surface area contributed by atoms with Crippen molar-refractivity contribution in [3.8, 4) is 5.75 Å². The number of nitrogens with zero attached hydrogens (tertiary/aromatic N) is 3. The van der Waals surface area contributed by atoms with E-state index in [1.54, 1.807) is 31.3 Å². The molecule has 4 amide bonds. The average Bonchev–Trinajstić information content (AvgIpc) is 3.42. The van der Waals surface area contributed by atoms with E-state index in [9.17, 15) is 19.2 Å². The third-order valence-electron chi connectivity index (χ3n) is 6.97. The van der Waals surface area contributed by atoms with Crippen LogP contribution in [-0.2, 0) is 16.1 Å². The van der Waals surface area contributed by atoms with Crippen LogP contribution in [0.3, 0.4) is 0 Å².